The first-order valence-corrected chi connectivity index (χ1v) is 5.72. The van der Waals surface area contributed by atoms with Crippen LogP contribution < -0.4 is 20.6 Å². The van der Waals surface area contributed by atoms with E-state index in [1.54, 1.807) is 11.5 Å². The summed E-state index contributed by atoms with van der Waals surface area (Å²) in [6, 6.07) is 4.58. The standard InChI is InChI=1S/C11H13N5O6/c1-21-9-4-7(2-3-8(9)22-6-10(17)18)5-13-14-11(12)15-16(19)20/h2-5H,6H2,1H3,(H,17,18)(H3,12,14,15)/b13-5-. The summed E-state index contributed by atoms with van der Waals surface area (Å²) < 4.78 is 10.1. The number of carboxylic acid groups (broad SMARTS) is 1. The average Bonchev–Trinajstić information content (AvgIpc) is 2.44. The predicted octanol–water partition coefficient (Wildman–Crippen LogP) is -0.411. The maximum atomic E-state index is 10.5. The van der Waals surface area contributed by atoms with Crippen LogP contribution in [-0.4, -0.2) is 42.0 Å². The highest BCUT2D eigenvalue weighted by Gasteiger charge is 2.07. The highest BCUT2D eigenvalue weighted by molar-refractivity contribution is 5.82. The Morgan fingerprint density at radius 1 is 1.55 bits per heavy atom. The van der Waals surface area contributed by atoms with Gasteiger partial charge in [-0.3, -0.25) is 0 Å². The Hall–Kier alpha value is -3.37. The number of methoxy groups -OCH3 is 1. The topological polar surface area (TPSA) is 162 Å². The van der Waals surface area contributed by atoms with E-state index in [1.165, 1.54) is 25.5 Å². The van der Waals surface area contributed by atoms with Gasteiger partial charge in [-0.05, 0) is 23.8 Å². The van der Waals surface area contributed by atoms with E-state index in [9.17, 15) is 14.9 Å². The van der Waals surface area contributed by atoms with Crippen LogP contribution in [0.5, 0.6) is 11.5 Å². The molecule has 0 amide bonds. The van der Waals surface area contributed by atoms with Crippen LogP contribution in [-0.2, 0) is 4.79 Å². The van der Waals surface area contributed by atoms with Gasteiger partial charge in [-0.2, -0.15) is 5.10 Å². The lowest BCUT2D eigenvalue weighted by Crippen LogP contribution is -2.35. The van der Waals surface area contributed by atoms with Crippen LogP contribution in [0.3, 0.4) is 0 Å². The first-order valence-electron chi connectivity index (χ1n) is 5.72. The van der Waals surface area contributed by atoms with E-state index in [1.807, 2.05) is 0 Å². The number of hydrogen-bond acceptors (Lipinski definition) is 7. The summed E-state index contributed by atoms with van der Waals surface area (Å²) in [5.74, 6) is -1.05. The lowest BCUT2D eigenvalue weighted by atomic mass is 10.2. The molecule has 11 heteroatoms. The Morgan fingerprint density at radius 3 is 2.86 bits per heavy atom. The van der Waals surface area contributed by atoms with Crippen LogP contribution in [0.15, 0.2) is 28.4 Å². The van der Waals surface area contributed by atoms with E-state index in [2.05, 4.69) is 10.2 Å². The minimum Gasteiger partial charge on any atom is -0.493 e. The third kappa shape index (κ3) is 5.73. The summed E-state index contributed by atoms with van der Waals surface area (Å²) in [6.07, 6.45) is 1.28. The van der Waals surface area contributed by atoms with E-state index in [-0.39, 0.29) is 5.75 Å². The molecule has 0 radical (unpaired) electrons. The van der Waals surface area contributed by atoms with Gasteiger partial charge < -0.3 is 20.3 Å². The monoisotopic (exact) mass is 311 g/mol. The number of nitrogens with two attached hydrogens (primary N) is 1. The van der Waals surface area contributed by atoms with Crippen molar-refractivity contribution in [1.29, 1.82) is 0 Å². The molecule has 0 heterocycles. The third-order valence-electron chi connectivity index (χ3n) is 2.12. The molecule has 22 heavy (non-hydrogen) atoms. The number of rotatable bonds is 7. The van der Waals surface area contributed by atoms with Crippen LogP contribution in [0, 0.1) is 10.1 Å². The Morgan fingerprint density at radius 2 is 2.27 bits per heavy atom. The van der Waals surface area contributed by atoms with Gasteiger partial charge in [-0.15, -0.1) is 5.10 Å². The number of nitrogens with one attached hydrogen (secondary N) is 1. The van der Waals surface area contributed by atoms with Crippen molar-refractivity contribution < 1.29 is 24.4 Å². The molecule has 1 aromatic rings. The summed E-state index contributed by atoms with van der Waals surface area (Å²) in [5, 5.41) is 24.7. The Bertz CT molecular complexity index is 615. The summed E-state index contributed by atoms with van der Waals surface area (Å²) in [6.45, 7) is -0.503. The van der Waals surface area contributed by atoms with Gasteiger partial charge >= 0.3 is 5.97 Å². The maximum Gasteiger partial charge on any atom is 0.341 e. The molecular formula is C11H13N5O6. The fraction of sp³-hybridized carbons (Fsp3) is 0.182. The first-order chi connectivity index (χ1) is 10.4. The van der Waals surface area contributed by atoms with Crippen LogP contribution >= 0.6 is 0 Å². The van der Waals surface area contributed by atoms with Crippen molar-refractivity contribution in [1.82, 2.24) is 5.43 Å². The Kier molecular flexibility index (Phi) is 6.10. The van der Waals surface area contributed by atoms with E-state index >= 15 is 0 Å². The number of carboxylic acids is 1. The van der Waals surface area contributed by atoms with Crippen molar-refractivity contribution >= 4 is 18.1 Å². The minimum atomic E-state index is -1.12. The summed E-state index contributed by atoms with van der Waals surface area (Å²) >= 11 is 0. The number of carbonyl (C=O) groups is 1. The SMILES string of the molecule is COc1cc(/C=N\N=C(N)N[N+](=O)[O-])ccc1OCC(=O)O. The van der Waals surface area contributed by atoms with Crippen LogP contribution in [0.4, 0.5) is 0 Å². The molecule has 0 aliphatic rings. The quantitative estimate of drug-likeness (QED) is 0.265. The van der Waals surface area contributed by atoms with E-state index in [0.29, 0.717) is 11.3 Å². The van der Waals surface area contributed by atoms with Crippen LogP contribution in [0.2, 0.25) is 0 Å². The van der Waals surface area contributed by atoms with E-state index in [4.69, 9.17) is 20.3 Å². The number of benzene rings is 1. The lowest BCUT2D eigenvalue weighted by molar-refractivity contribution is -0.525. The molecule has 0 saturated carbocycles. The molecule has 1 rings (SSSR count). The van der Waals surface area contributed by atoms with Crippen molar-refractivity contribution in [2.24, 2.45) is 15.9 Å². The number of nitrogens with zero attached hydrogens (tertiary/aromatic N) is 3. The molecule has 0 bridgehead atoms. The Balaban J connectivity index is 2.80. The second-order valence-electron chi connectivity index (χ2n) is 3.69. The van der Waals surface area contributed by atoms with Crippen molar-refractivity contribution in [2.45, 2.75) is 0 Å². The lowest BCUT2D eigenvalue weighted by Gasteiger charge is -2.09. The molecular weight excluding hydrogens is 298 g/mol. The predicted molar refractivity (Wildman–Crippen MR) is 75.5 cm³/mol. The van der Waals surface area contributed by atoms with Gasteiger partial charge in [0, 0.05) is 0 Å². The molecule has 0 saturated heterocycles. The van der Waals surface area contributed by atoms with Gasteiger partial charge in [0.2, 0.25) is 0 Å². The molecule has 0 spiro atoms. The molecule has 0 aliphatic carbocycles. The molecule has 0 atom stereocenters. The smallest absolute Gasteiger partial charge is 0.341 e. The summed E-state index contributed by atoms with van der Waals surface area (Å²) in [7, 11) is 1.39. The molecule has 0 unspecified atom stereocenters. The zero-order valence-corrected chi connectivity index (χ0v) is 11.4. The molecule has 0 aliphatic heterocycles. The van der Waals surface area contributed by atoms with Crippen molar-refractivity contribution in [2.75, 3.05) is 13.7 Å². The fourth-order valence-electron chi connectivity index (χ4n) is 1.30. The summed E-state index contributed by atoms with van der Waals surface area (Å²) in [5.41, 5.74) is 7.33. The fourth-order valence-corrected chi connectivity index (χ4v) is 1.30. The highest BCUT2D eigenvalue weighted by Crippen LogP contribution is 2.27. The third-order valence-corrected chi connectivity index (χ3v) is 2.12. The number of ether oxygens (including phenoxy) is 2. The number of aliphatic carboxylic acids is 1. The number of hydrazine groups is 1. The molecule has 118 valence electrons. The van der Waals surface area contributed by atoms with Gasteiger partial charge in [-0.1, -0.05) is 5.43 Å². The van der Waals surface area contributed by atoms with Crippen LogP contribution in [0.25, 0.3) is 0 Å². The largest absolute Gasteiger partial charge is 0.493 e. The van der Waals surface area contributed by atoms with Crippen molar-refractivity contribution in [3.63, 3.8) is 0 Å². The second kappa shape index (κ2) is 8.04. The van der Waals surface area contributed by atoms with Gasteiger partial charge in [0.05, 0.1) is 13.3 Å². The van der Waals surface area contributed by atoms with E-state index in [0.717, 1.165) is 0 Å². The molecule has 11 nitrogen and oxygen atoms in total. The first kappa shape index (κ1) is 16.7. The van der Waals surface area contributed by atoms with Gasteiger partial charge in [0.25, 0.3) is 5.96 Å². The maximum absolute atomic E-state index is 10.5. The zero-order valence-electron chi connectivity index (χ0n) is 11.4. The number of nitro groups is 1. The van der Waals surface area contributed by atoms with Crippen LogP contribution in [0.1, 0.15) is 5.56 Å². The second-order valence-corrected chi connectivity index (χ2v) is 3.69. The normalized spacial score (nSPS) is 11.2. The van der Waals surface area contributed by atoms with E-state index < -0.39 is 23.6 Å². The Labute approximate surface area is 124 Å². The molecule has 0 aromatic heterocycles. The number of guanidine groups is 1. The van der Waals surface area contributed by atoms with Gasteiger partial charge in [0.15, 0.2) is 23.1 Å². The summed E-state index contributed by atoms with van der Waals surface area (Å²) in [4.78, 5) is 20.5. The van der Waals surface area contributed by atoms with Gasteiger partial charge in [0.1, 0.15) is 0 Å². The van der Waals surface area contributed by atoms with Crippen molar-refractivity contribution in [3.8, 4) is 11.5 Å². The highest BCUT2D eigenvalue weighted by atomic mass is 16.7. The zero-order chi connectivity index (χ0) is 16.5. The minimum absolute atomic E-state index is 0.250. The average molecular weight is 311 g/mol. The molecule has 0 fully saturated rings. The molecule has 4 N–H and O–H groups in total. The van der Waals surface area contributed by atoms with Gasteiger partial charge in [-0.25, -0.2) is 14.9 Å². The number of hydrogen-bond donors (Lipinski definition) is 3. The molecule has 1 aromatic carbocycles. The van der Waals surface area contributed by atoms with Crippen molar-refractivity contribution in [3.05, 3.63) is 33.9 Å².